The minimum absolute atomic E-state index is 0.0962. The maximum atomic E-state index is 14.0. The van der Waals surface area contributed by atoms with Crippen molar-refractivity contribution in [2.75, 3.05) is 6.54 Å². The van der Waals surface area contributed by atoms with Crippen LogP contribution in [0.4, 0.5) is 0 Å². The number of carbonyl (C=O) groups is 3. The lowest BCUT2D eigenvalue weighted by Gasteiger charge is -2.35. The molecule has 1 spiro atoms. The fraction of sp³-hybridized carbons (Fsp3) is 0.821. The van der Waals surface area contributed by atoms with Crippen molar-refractivity contribution in [2.24, 2.45) is 17.8 Å². The Balaban J connectivity index is 1.43. The Labute approximate surface area is 209 Å². The lowest BCUT2D eigenvalue weighted by molar-refractivity contribution is -0.145. The zero-order valence-electron chi connectivity index (χ0n) is 21.7. The Morgan fingerprint density at radius 1 is 0.971 bits per heavy atom. The number of fused-ring (bicyclic) bond motifs is 1. The average molecular weight is 486 g/mol. The van der Waals surface area contributed by atoms with Crippen LogP contribution in [-0.2, 0) is 19.1 Å². The average Bonchev–Trinajstić information content (AvgIpc) is 3.39. The predicted molar refractivity (Wildman–Crippen MR) is 133 cm³/mol. The van der Waals surface area contributed by atoms with Gasteiger partial charge in [0.1, 0.15) is 11.6 Å². The van der Waals surface area contributed by atoms with Gasteiger partial charge in [-0.05, 0) is 44.9 Å². The molecule has 0 aromatic carbocycles. The van der Waals surface area contributed by atoms with Crippen molar-refractivity contribution >= 4 is 17.7 Å². The number of nitrogens with one attached hydrogen (secondary N) is 2. The maximum absolute atomic E-state index is 14.0. The van der Waals surface area contributed by atoms with Gasteiger partial charge in [-0.25, -0.2) is 0 Å². The number of amides is 3. The third-order valence-electron chi connectivity index (χ3n) is 9.18. The standard InChI is InChI=1S/C28H43N3O4/c1-18(2)14-17-31-23(25(33)30-20-12-8-5-9-13-20)28-16-15-27(3,35-28)21(22(28)26(31)34)24(32)29-19-10-6-4-7-11-19/h15-16,18-23H,4-14,17H2,1-3H3,(H,29,32)(H,30,33)/t21-,22-,23-,27+,28-/m0/s1. The second-order valence-corrected chi connectivity index (χ2v) is 12.2. The summed E-state index contributed by atoms with van der Waals surface area (Å²) in [5, 5.41) is 6.52. The monoisotopic (exact) mass is 485 g/mol. The number of rotatable bonds is 7. The summed E-state index contributed by atoms with van der Waals surface area (Å²) in [5.41, 5.74) is -1.94. The third kappa shape index (κ3) is 4.32. The van der Waals surface area contributed by atoms with Crippen molar-refractivity contribution in [3.05, 3.63) is 12.2 Å². The van der Waals surface area contributed by atoms with Crippen LogP contribution in [0.5, 0.6) is 0 Å². The van der Waals surface area contributed by atoms with Crippen molar-refractivity contribution in [1.29, 1.82) is 0 Å². The first-order valence-corrected chi connectivity index (χ1v) is 14.1. The molecular weight excluding hydrogens is 442 g/mol. The fourth-order valence-electron chi connectivity index (χ4n) is 7.33. The van der Waals surface area contributed by atoms with Crippen LogP contribution in [0.3, 0.4) is 0 Å². The summed E-state index contributed by atoms with van der Waals surface area (Å²) in [6, 6.07) is -0.415. The van der Waals surface area contributed by atoms with Gasteiger partial charge in [0, 0.05) is 18.6 Å². The Morgan fingerprint density at radius 2 is 1.54 bits per heavy atom. The molecule has 0 aromatic rings. The molecule has 7 heteroatoms. The Hall–Kier alpha value is -1.89. The molecule has 5 atom stereocenters. The van der Waals surface area contributed by atoms with Crippen LogP contribution < -0.4 is 10.6 Å². The number of ether oxygens (including phenoxy) is 1. The van der Waals surface area contributed by atoms with Crippen molar-refractivity contribution in [1.82, 2.24) is 15.5 Å². The number of nitrogens with zero attached hydrogens (tertiary/aromatic N) is 1. The van der Waals surface area contributed by atoms with Crippen LogP contribution in [0, 0.1) is 17.8 Å². The molecule has 2 saturated heterocycles. The van der Waals surface area contributed by atoms with Crippen LogP contribution in [0.2, 0.25) is 0 Å². The molecule has 0 unspecified atom stereocenters. The highest BCUT2D eigenvalue weighted by Gasteiger charge is 2.76. The molecule has 3 heterocycles. The molecule has 3 amide bonds. The summed E-state index contributed by atoms with van der Waals surface area (Å²) in [6.07, 6.45) is 15.5. The Morgan fingerprint density at radius 3 is 2.11 bits per heavy atom. The van der Waals surface area contributed by atoms with Gasteiger partial charge in [-0.15, -0.1) is 0 Å². The summed E-state index contributed by atoms with van der Waals surface area (Å²) in [4.78, 5) is 43.2. The molecule has 2 N–H and O–H groups in total. The molecule has 0 radical (unpaired) electrons. The first-order chi connectivity index (χ1) is 16.7. The predicted octanol–water partition coefficient (Wildman–Crippen LogP) is 3.47. The number of hydrogen-bond donors (Lipinski definition) is 2. The van der Waals surface area contributed by atoms with Gasteiger partial charge >= 0.3 is 0 Å². The second kappa shape index (κ2) is 9.53. The van der Waals surface area contributed by atoms with Gasteiger partial charge in [0.05, 0.1) is 17.4 Å². The molecule has 2 aliphatic carbocycles. The highest BCUT2D eigenvalue weighted by molar-refractivity contribution is 6.00. The summed E-state index contributed by atoms with van der Waals surface area (Å²) in [5.74, 6) is -1.20. The van der Waals surface area contributed by atoms with Gasteiger partial charge in [0.15, 0.2) is 0 Å². The summed E-state index contributed by atoms with van der Waals surface area (Å²) in [6.45, 7) is 6.66. The van der Waals surface area contributed by atoms with E-state index in [-0.39, 0.29) is 29.8 Å². The van der Waals surface area contributed by atoms with E-state index in [1.54, 1.807) is 4.90 Å². The van der Waals surface area contributed by atoms with Crippen molar-refractivity contribution < 1.29 is 19.1 Å². The normalized spacial score (nSPS) is 37.2. The van der Waals surface area contributed by atoms with E-state index < -0.39 is 29.1 Å². The molecule has 194 valence electrons. The lowest BCUT2D eigenvalue weighted by Crippen LogP contribution is -2.56. The van der Waals surface area contributed by atoms with E-state index in [1.807, 2.05) is 19.1 Å². The van der Waals surface area contributed by atoms with E-state index in [1.165, 1.54) is 12.8 Å². The Kier molecular flexibility index (Phi) is 6.75. The van der Waals surface area contributed by atoms with Crippen LogP contribution >= 0.6 is 0 Å². The molecule has 0 aromatic heterocycles. The quantitative estimate of drug-likeness (QED) is 0.541. The molecule has 5 rings (SSSR count). The largest absolute Gasteiger partial charge is 0.356 e. The van der Waals surface area contributed by atoms with Gasteiger partial charge in [0.2, 0.25) is 17.7 Å². The van der Waals surface area contributed by atoms with Gasteiger partial charge in [-0.3, -0.25) is 14.4 Å². The summed E-state index contributed by atoms with van der Waals surface area (Å²) >= 11 is 0. The zero-order valence-corrected chi connectivity index (χ0v) is 21.7. The molecule has 3 aliphatic heterocycles. The molecule has 7 nitrogen and oxygen atoms in total. The number of hydrogen-bond acceptors (Lipinski definition) is 4. The van der Waals surface area contributed by atoms with E-state index in [4.69, 9.17) is 4.74 Å². The van der Waals surface area contributed by atoms with Gasteiger partial charge in [0.25, 0.3) is 0 Å². The van der Waals surface area contributed by atoms with Gasteiger partial charge in [-0.2, -0.15) is 0 Å². The van der Waals surface area contributed by atoms with Crippen LogP contribution in [0.15, 0.2) is 12.2 Å². The van der Waals surface area contributed by atoms with E-state index in [0.717, 1.165) is 57.8 Å². The molecular formula is C28H43N3O4. The first-order valence-electron chi connectivity index (χ1n) is 14.1. The summed E-state index contributed by atoms with van der Waals surface area (Å²) < 4.78 is 6.63. The van der Waals surface area contributed by atoms with Gasteiger partial charge in [-0.1, -0.05) is 64.5 Å². The minimum Gasteiger partial charge on any atom is -0.356 e. The van der Waals surface area contributed by atoms with Crippen LogP contribution in [0.1, 0.15) is 91.4 Å². The highest BCUT2D eigenvalue weighted by atomic mass is 16.5. The Bertz CT molecular complexity index is 875. The maximum Gasteiger partial charge on any atom is 0.246 e. The highest BCUT2D eigenvalue weighted by Crippen LogP contribution is 2.59. The van der Waals surface area contributed by atoms with Crippen LogP contribution in [0.25, 0.3) is 0 Å². The van der Waals surface area contributed by atoms with E-state index in [0.29, 0.717) is 12.5 Å². The third-order valence-corrected chi connectivity index (χ3v) is 9.18. The summed E-state index contributed by atoms with van der Waals surface area (Å²) in [7, 11) is 0. The first kappa shape index (κ1) is 24.8. The van der Waals surface area contributed by atoms with Crippen molar-refractivity contribution in [3.8, 4) is 0 Å². The molecule has 5 aliphatic rings. The van der Waals surface area contributed by atoms with Crippen molar-refractivity contribution in [2.45, 2.75) is 121 Å². The number of likely N-dealkylation sites (tertiary alicyclic amines) is 1. The lowest BCUT2D eigenvalue weighted by atomic mass is 9.70. The smallest absolute Gasteiger partial charge is 0.246 e. The SMILES string of the molecule is CC(C)CCN1C(=O)[C@@H]2[C@@H](C(=O)NC3CCCCC3)[C@@]3(C)C=C[C@@]2(O3)[C@@H]1C(=O)NC1CCCCC1. The van der Waals surface area contributed by atoms with E-state index >= 15 is 0 Å². The topological polar surface area (TPSA) is 87.7 Å². The van der Waals surface area contributed by atoms with Crippen LogP contribution in [-0.4, -0.2) is 58.5 Å². The number of carbonyl (C=O) groups excluding carboxylic acids is 3. The van der Waals surface area contributed by atoms with Crippen molar-refractivity contribution in [3.63, 3.8) is 0 Å². The zero-order chi connectivity index (χ0) is 24.8. The minimum atomic E-state index is -1.07. The van der Waals surface area contributed by atoms with E-state index in [2.05, 4.69) is 24.5 Å². The fourth-order valence-corrected chi connectivity index (χ4v) is 7.33. The molecule has 2 bridgehead atoms. The molecule has 4 fully saturated rings. The molecule has 2 saturated carbocycles. The molecule has 35 heavy (non-hydrogen) atoms. The second-order valence-electron chi connectivity index (χ2n) is 12.2. The van der Waals surface area contributed by atoms with Gasteiger partial charge < -0.3 is 20.3 Å². The van der Waals surface area contributed by atoms with E-state index in [9.17, 15) is 14.4 Å².